The van der Waals surface area contributed by atoms with Crippen molar-refractivity contribution in [2.75, 3.05) is 5.73 Å². The van der Waals surface area contributed by atoms with Crippen molar-refractivity contribution in [1.29, 1.82) is 0 Å². The van der Waals surface area contributed by atoms with Crippen molar-refractivity contribution >= 4 is 5.69 Å². The minimum absolute atomic E-state index is 0.110. The van der Waals surface area contributed by atoms with Crippen LogP contribution in [0.4, 0.5) is 5.69 Å². The molecule has 26 heavy (non-hydrogen) atoms. The average molecular weight is 346 g/mol. The van der Waals surface area contributed by atoms with Crippen LogP contribution in [0.25, 0.3) is 0 Å². The lowest BCUT2D eigenvalue weighted by molar-refractivity contribution is 0.176. The van der Waals surface area contributed by atoms with Gasteiger partial charge < -0.3 is 15.2 Å². The summed E-state index contributed by atoms with van der Waals surface area (Å²) >= 11 is 0. The maximum absolute atomic E-state index is 6.22. The summed E-state index contributed by atoms with van der Waals surface area (Å²) in [5.74, 6) is 2.22. The predicted molar refractivity (Wildman–Crippen MR) is 103 cm³/mol. The molecule has 4 rings (SSSR count). The molecule has 1 aliphatic rings. The highest BCUT2D eigenvalue weighted by molar-refractivity contribution is 5.44. The Kier molecular flexibility index (Phi) is 4.48. The van der Waals surface area contributed by atoms with Gasteiger partial charge in [0.15, 0.2) is 0 Å². The van der Waals surface area contributed by atoms with Crippen LogP contribution in [0.3, 0.4) is 0 Å². The van der Waals surface area contributed by atoms with E-state index < -0.39 is 0 Å². The summed E-state index contributed by atoms with van der Waals surface area (Å²) in [6.45, 7) is 2.17. The summed E-state index contributed by atoms with van der Waals surface area (Å²) < 4.78 is 12.0. The monoisotopic (exact) mass is 346 g/mol. The predicted octanol–water partition coefficient (Wildman–Crippen LogP) is 5.08. The molecule has 1 aromatic heterocycles. The number of aryl methyl sites for hydroxylation is 2. The SMILES string of the molecule is CCc1ccc(C2CCc3cc(Oc4ccc(N)cn4)ccc3O2)cc1. The van der Waals surface area contributed by atoms with E-state index in [0.717, 1.165) is 30.8 Å². The van der Waals surface area contributed by atoms with Gasteiger partial charge in [0.2, 0.25) is 5.88 Å². The number of ether oxygens (including phenoxy) is 2. The van der Waals surface area contributed by atoms with Gasteiger partial charge in [0, 0.05) is 6.07 Å². The quantitative estimate of drug-likeness (QED) is 0.715. The van der Waals surface area contributed by atoms with Gasteiger partial charge in [0.25, 0.3) is 0 Å². The Balaban J connectivity index is 1.49. The van der Waals surface area contributed by atoms with Crippen LogP contribution in [0.2, 0.25) is 0 Å². The van der Waals surface area contributed by atoms with Crippen molar-refractivity contribution in [1.82, 2.24) is 4.98 Å². The Morgan fingerprint density at radius 1 is 1.12 bits per heavy atom. The van der Waals surface area contributed by atoms with Crippen molar-refractivity contribution in [3.63, 3.8) is 0 Å². The topological polar surface area (TPSA) is 57.4 Å². The average Bonchev–Trinajstić information content (AvgIpc) is 2.69. The van der Waals surface area contributed by atoms with Crippen LogP contribution in [0.1, 0.15) is 36.1 Å². The van der Waals surface area contributed by atoms with Crippen molar-refractivity contribution in [3.8, 4) is 17.4 Å². The van der Waals surface area contributed by atoms with Crippen molar-refractivity contribution in [3.05, 3.63) is 77.5 Å². The molecule has 0 saturated carbocycles. The molecule has 2 aromatic carbocycles. The molecule has 0 bridgehead atoms. The van der Waals surface area contributed by atoms with E-state index in [1.165, 1.54) is 16.7 Å². The van der Waals surface area contributed by atoms with E-state index in [1.807, 2.05) is 18.2 Å². The van der Waals surface area contributed by atoms with Gasteiger partial charge in [-0.2, -0.15) is 0 Å². The summed E-state index contributed by atoms with van der Waals surface area (Å²) in [6.07, 6.45) is 4.68. The third-order valence-corrected chi connectivity index (χ3v) is 4.72. The van der Waals surface area contributed by atoms with Crippen molar-refractivity contribution in [2.45, 2.75) is 32.3 Å². The van der Waals surface area contributed by atoms with Crippen molar-refractivity contribution in [2.24, 2.45) is 0 Å². The fraction of sp³-hybridized carbons (Fsp3) is 0.227. The maximum atomic E-state index is 6.22. The van der Waals surface area contributed by atoms with E-state index in [2.05, 4.69) is 36.2 Å². The molecule has 4 heteroatoms. The molecular formula is C22H22N2O2. The van der Waals surface area contributed by atoms with Crippen molar-refractivity contribution < 1.29 is 9.47 Å². The summed E-state index contributed by atoms with van der Waals surface area (Å²) in [6, 6.07) is 18.2. The van der Waals surface area contributed by atoms with Crippen LogP contribution < -0.4 is 15.2 Å². The number of hydrogen-bond acceptors (Lipinski definition) is 4. The zero-order valence-corrected chi connectivity index (χ0v) is 14.8. The highest BCUT2D eigenvalue weighted by Gasteiger charge is 2.21. The molecule has 0 radical (unpaired) electrons. The molecule has 0 aliphatic carbocycles. The first-order valence-electron chi connectivity index (χ1n) is 8.99. The molecule has 1 unspecified atom stereocenters. The van der Waals surface area contributed by atoms with Gasteiger partial charge in [-0.1, -0.05) is 31.2 Å². The summed E-state index contributed by atoms with van der Waals surface area (Å²) in [4.78, 5) is 4.17. The Morgan fingerprint density at radius 3 is 2.69 bits per heavy atom. The fourth-order valence-electron chi connectivity index (χ4n) is 3.20. The number of nitrogens with zero attached hydrogens (tertiary/aromatic N) is 1. The normalized spacial score (nSPS) is 15.8. The first-order chi connectivity index (χ1) is 12.7. The van der Waals surface area contributed by atoms with E-state index in [1.54, 1.807) is 18.3 Å². The Labute approximate surface area is 153 Å². The molecule has 3 aromatic rings. The second-order valence-corrected chi connectivity index (χ2v) is 6.54. The first kappa shape index (κ1) is 16.5. The Hall–Kier alpha value is -3.01. The Bertz CT molecular complexity index is 889. The van der Waals surface area contributed by atoms with Gasteiger partial charge in [0.05, 0.1) is 11.9 Å². The summed E-state index contributed by atoms with van der Waals surface area (Å²) in [5.41, 5.74) is 10.0. The molecule has 4 nitrogen and oxygen atoms in total. The molecule has 0 amide bonds. The van der Waals surface area contributed by atoms with E-state index >= 15 is 0 Å². The molecule has 1 atom stereocenters. The lowest BCUT2D eigenvalue weighted by Crippen LogP contribution is -2.15. The van der Waals surface area contributed by atoms with E-state index in [9.17, 15) is 0 Å². The van der Waals surface area contributed by atoms with Crippen LogP contribution in [-0.4, -0.2) is 4.98 Å². The van der Waals surface area contributed by atoms with E-state index in [4.69, 9.17) is 15.2 Å². The van der Waals surface area contributed by atoms with Gasteiger partial charge in [0.1, 0.15) is 17.6 Å². The highest BCUT2D eigenvalue weighted by Crippen LogP contribution is 2.37. The van der Waals surface area contributed by atoms with Crippen LogP contribution in [0, 0.1) is 0 Å². The summed E-state index contributed by atoms with van der Waals surface area (Å²) in [7, 11) is 0. The molecule has 0 spiro atoms. The van der Waals surface area contributed by atoms with E-state index in [0.29, 0.717) is 11.6 Å². The van der Waals surface area contributed by atoms with Gasteiger partial charge in [-0.25, -0.2) is 4.98 Å². The number of nitrogen functional groups attached to an aromatic ring is 1. The fourth-order valence-corrected chi connectivity index (χ4v) is 3.20. The number of benzene rings is 2. The number of pyridine rings is 1. The number of rotatable bonds is 4. The van der Waals surface area contributed by atoms with Crippen LogP contribution in [-0.2, 0) is 12.8 Å². The van der Waals surface area contributed by atoms with Gasteiger partial charge in [-0.15, -0.1) is 0 Å². The standard InChI is InChI=1S/C22H22N2O2/c1-2-15-3-5-16(6-4-15)20-10-7-17-13-19(9-11-21(17)26-20)25-22-12-8-18(23)14-24-22/h3-6,8-9,11-14,20H,2,7,10,23H2,1H3. The van der Waals surface area contributed by atoms with Crippen LogP contribution >= 0.6 is 0 Å². The molecular weight excluding hydrogens is 324 g/mol. The minimum atomic E-state index is 0.110. The molecule has 0 saturated heterocycles. The zero-order chi connectivity index (χ0) is 17.9. The summed E-state index contributed by atoms with van der Waals surface area (Å²) in [5, 5.41) is 0. The molecule has 0 fully saturated rings. The van der Waals surface area contributed by atoms with Gasteiger partial charge >= 0.3 is 0 Å². The highest BCUT2D eigenvalue weighted by atomic mass is 16.5. The first-order valence-corrected chi connectivity index (χ1v) is 8.99. The molecule has 132 valence electrons. The lowest BCUT2D eigenvalue weighted by Gasteiger charge is -2.27. The number of anilines is 1. The minimum Gasteiger partial charge on any atom is -0.485 e. The number of hydrogen-bond donors (Lipinski definition) is 1. The largest absolute Gasteiger partial charge is 0.485 e. The van der Waals surface area contributed by atoms with E-state index in [-0.39, 0.29) is 6.10 Å². The third-order valence-electron chi connectivity index (χ3n) is 4.72. The zero-order valence-electron chi connectivity index (χ0n) is 14.8. The Morgan fingerprint density at radius 2 is 1.96 bits per heavy atom. The molecule has 2 N–H and O–H groups in total. The number of fused-ring (bicyclic) bond motifs is 1. The van der Waals surface area contributed by atoms with Crippen LogP contribution in [0.15, 0.2) is 60.8 Å². The molecule has 2 heterocycles. The third kappa shape index (κ3) is 3.49. The van der Waals surface area contributed by atoms with Gasteiger partial charge in [-0.05, 0) is 60.2 Å². The van der Waals surface area contributed by atoms with Crippen LogP contribution in [0.5, 0.6) is 17.4 Å². The maximum Gasteiger partial charge on any atom is 0.219 e. The lowest BCUT2D eigenvalue weighted by atomic mass is 9.96. The number of nitrogens with two attached hydrogens (primary N) is 1. The smallest absolute Gasteiger partial charge is 0.219 e. The molecule has 1 aliphatic heterocycles. The second-order valence-electron chi connectivity index (χ2n) is 6.54. The number of aromatic nitrogens is 1. The van der Waals surface area contributed by atoms with Gasteiger partial charge in [-0.3, -0.25) is 0 Å². The second kappa shape index (κ2) is 7.08.